The Morgan fingerprint density at radius 3 is 2.50 bits per heavy atom. The van der Waals surface area contributed by atoms with Gasteiger partial charge in [-0.05, 0) is 33.3 Å². The fraction of sp³-hybridized carbons (Fsp3) is 0.312. The van der Waals surface area contributed by atoms with Crippen LogP contribution in [0.1, 0.15) is 46.0 Å². The molecule has 0 unspecified atom stereocenters. The highest BCUT2D eigenvalue weighted by atomic mass is 16.6. The normalized spacial score (nSPS) is 12.0. The van der Waals surface area contributed by atoms with Crippen LogP contribution in [0, 0.1) is 30.9 Å². The van der Waals surface area contributed by atoms with Crippen molar-refractivity contribution in [2.24, 2.45) is 0 Å². The Bertz CT molecular complexity index is 732. The predicted octanol–water partition coefficient (Wildman–Crippen LogP) is 4.03. The summed E-state index contributed by atoms with van der Waals surface area (Å²) in [6.45, 7) is 6.95. The van der Waals surface area contributed by atoms with Crippen LogP contribution in [-0.4, -0.2) is 10.9 Å². The predicted molar refractivity (Wildman–Crippen MR) is 79.8 cm³/mol. The van der Waals surface area contributed by atoms with Crippen LogP contribution >= 0.6 is 0 Å². The van der Waals surface area contributed by atoms with Gasteiger partial charge in [0, 0.05) is 17.7 Å². The number of nitro groups is 1. The zero-order valence-corrected chi connectivity index (χ0v) is 12.9. The minimum Gasteiger partial charge on any atom is -0.465 e. The summed E-state index contributed by atoms with van der Waals surface area (Å²) >= 11 is 0. The van der Waals surface area contributed by atoms with E-state index in [-0.39, 0.29) is 5.69 Å². The van der Waals surface area contributed by atoms with Crippen LogP contribution in [0.3, 0.4) is 0 Å². The number of nitro benzene ring substituents is 1. The maximum atomic E-state index is 12.3. The Kier molecular flexibility index (Phi) is 4.30. The molecule has 6 heteroatoms. The second-order valence-corrected chi connectivity index (χ2v) is 5.11. The Balaban J connectivity index is 2.21. The van der Waals surface area contributed by atoms with E-state index in [1.54, 1.807) is 39.8 Å². The van der Waals surface area contributed by atoms with Crippen LogP contribution < -0.4 is 0 Å². The first-order valence-corrected chi connectivity index (χ1v) is 6.83. The Morgan fingerprint density at radius 2 is 1.95 bits per heavy atom. The largest absolute Gasteiger partial charge is 0.465 e. The number of non-ortho nitro benzene ring substituents is 1. The highest BCUT2D eigenvalue weighted by molar-refractivity contribution is 5.92. The van der Waals surface area contributed by atoms with Gasteiger partial charge in [-0.25, -0.2) is 4.79 Å². The summed E-state index contributed by atoms with van der Waals surface area (Å²) in [4.78, 5) is 22.6. The first-order chi connectivity index (χ1) is 10.3. The van der Waals surface area contributed by atoms with E-state index in [2.05, 4.69) is 0 Å². The minimum absolute atomic E-state index is 0.0353. The van der Waals surface area contributed by atoms with E-state index < -0.39 is 17.0 Å². The molecule has 0 spiro atoms. The summed E-state index contributed by atoms with van der Waals surface area (Å²) in [6, 6.07) is 6.05. The van der Waals surface area contributed by atoms with Gasteiger partial charge in [0.05, 0.1) is 4.92 Å². The maximum absolute atomic E-state index is 12.3. The number of furan rings is 1. The van der Waals surface area contributed by atoms with E-state index in [0.29, 0.717) is 22.6 Å². The molecule has 1 aromatic heterocycles. The molecule has 116 valence electrons. The van der Waals surface area contributed by atoms with Crippen LogP contribution in [0.15, 0.2) is 28.7 Å². The molecule has 6 nitrogen and oxygen atoms in total. The third kappa shape index (κ3) is 3.00. The number of carbonyl (C=O) groups is 1. The third-order valence-corrected chi connectivity index (χ3v) is 3.60. The van der Waals surface area contributed by atoms with Crippen LogP contribution in [-0.2, 0) is 4.74 Å². The van der Waals surface area contributed by atoms with Gasteiger partial charge in [0.2, 0.25) is 0 Å². The standard InChI is InChI=1S/C16H17NO5/c1-9-10(2)21-12(4)15(9)16(18)22-11(3)13-6-5-7-14(8-13)17(19)20/h5-8,11H,1-4H3/t11-/m0/s1. The molecule has 1 atom stereocenters. The molecule has 0 bridgehead atoms. The van der Waals surface area contributed by atoms with Gasteiger partial charge in [0.15, 0.2) is 0 Å². The Morgan fingerprint density at radius 1 is 1.27 bits per heavy atom. The summed E-state index contributed by atoms with van der Waals surface area (Å²) in [5.41, 5.74) is 1.69. The molecule has 2 aromatic rings. The van der Waals surface area contributed by atoms with E-state index in [4.69, 9.17) is 9.15 Å². The van der Waals surface area contributed by atoms with Crippen molar-refractivity contribution < 1.29 is 18.9 Å². The molecule has 0 radical (unpaired) electrons. The van der Waals surface area contributed by atoms with Crippen molar-refractivity contribution in [3.8, 4) is 0 Å². The number of ether oxygens (including phenoxy) is 1. The molecule has 2 rings (SSSR count). The van der Waals surface area contributed by atoms with E-state index >= 15 is 0 Å². The lowest BCUT2D eigenvalue weighted by atomic mass is 10.1. The van der Waals surface area contributed by atoms with Crippen molar-refractivity contribution in [3.63, 3.8) is 0 Å². The lowest BCUT2D eigenvalue weighted by Crippen LogP contribution is -2.11. The zero-order chi connectivity index (χ0) is 16.4. The lowest BCUT2D eigenvalue weighted by Gasteiger charge is -2.13. The molecule has 0 fully saturated rings. The van der Waals surface area contributed by atoms with Crippen LogP contribution in [0.25, 0.3) is 0 Å². The Labute approximate surface area is 127 Å². The summed E-state index contributed by atoms with van der Waals surface area (Å²) < 4.78 is 10.8. The molecule has 0 amide bonds. The van der Waals surface area contributed by atoms with Crippen molar-refractivity contribution >= 4 is 11.7 Å². The van der Waals surface area contributed by atoms with Gasteiger partial charge in [-0.1, -0.05) is 12.1 Å². The van der Waals surface area contributed by atoms with Crippen molar-refractivity contribution in [2.75, 3.05) is 0 Å². The Hall–Kier alpha value is -2.63. The average molecular weight is 303 g/mol. The first kappa shape index (κ1) is 15.8. The number of benzene rings is 1. The molecule has 1 aromatic carbocycles. The number of carbonyl (C=O) groups excluding carboxylic acids is 1. The topological polar surface area (TPSA) is 82.6 Å². The summed E-state index contributed by atoms with van der Waals surface area (Å²) in [5.74, 6) is 0.685. The van der Waals surface area contributed by atoms with Crippen molar-refractivity contribution in [3.05, 3.63) is 62.6 Å². The highest BCUT2D eigenvalue weighted by Gasteiger charge is 2.22. The monoisotopic (exact) mass is 303 g/mol. The van der Waals surface area contributed by atoms with Gasteiger partial charge in [0.25, 0.3) is 5.69 Å². The molecule has 0 saturated heterocycles. The maximum Gasteiger partial charge on any atom is 0.342 e. The van der Waals surface area contributed by atoms with Gasteiger partial charge in [-0.3, -0.25) is 10.1 Å². The summed E-state index contributed by atoms with van der Waals surface area (Å²) in [7, 11) is 0. The smallest absolute Gasteiger partial charge is 0.342 e. The molecule has 0 aliphatic carbocycles. The van der Waals surface area contributed by atoms with E-state index in [1.165, 1.54) is 12.1 Å². The van der Waals surface area contributed by atoms with E-state index in [9.17, 15) is 14.9 Å². The number of nitrogens with zero attached hydrogens (tertiary/aromatic N) is 1. The first-order valence-electron chi connectivity index (χ1n) is 6.83. The van der Waals surface area contributed by atoms with Gasteiger partial charge < -0.3 is 9.15 Å². The molecule has 0 saturated carbocycles. The second-order valence-electron chi connectivity index (χ2n) is 5.11. The second kappa shape index (κ2) is 6.01. The number of esters is 1. The molecule has 0 aliphatic rings. The van der Waals surface area contributed by atoms with Gasteiger partial charge in [-0.15, -0.1) is 0 Å². The summed E-state index contributed by atoms with van der Waals surface area (Å²) in [5, 5.41) is 10.8. The fourth-order valence-corrected chi connectivity index (χ4v) is 2.27. The molecular formula is C16H17NO5. The molecule has 0 aliphatic heterocycles. The van der Waals surface area contributed by atoms with Crippen LogP contribution in [0.2, 0.25) is 0 Å². The zero-order valence-electron chi connectivity index (χ0n) is 12.9. The van der Waals surface area contributed by atoms with Gasteiger partial charge in [0.1, 0.15) is 23.2 Å². The van der Waals surface area contributed by atoms with E-state index in [1.807, 2.05) is 0 Å². The quantitative estimate of drug-likeness (QED) is 0.483. The average Bonchev–Trinajstić information content (AvgIpc) is 2.72. The number of hydrogen-bond donors (Lipinski definition) is 0. The molecule has 22 heavy (non-hydrogen) atoms. The number of hydrogen-bond acceptors (Lipinski definition) is 5. The highest BCUT2D eigenvalue weighted by Crippen LogP contribution is 2.26. The number of aryl methyl sites for hydroxylation is 2. The third-order valence-electron chi connectivity index (χ3n) is 3.60. The fourth-order valence-electron chi connectivity index (χ4n) is 2.27. The summed E-state index contributed by atoms with van der Waals surface area (Å²) in [6.07, 6.45) is -0.596. The van der Waals surface area contributed by atoms with Crippen molar-refractivity contribution in [2.45, 2.75) is 33.8 Å². The lowest BCUT2D eigenvalue weighted by molar-refractivity contribution is -0.385. The molecule has 0 N–H and O–H groups in total. The van der Waals surface area contributed by atoms with Crippen LogP contribution in [0.5, 0.6) is 0 Å². The SMILES string of the molecule is Cc1oc(C)c(C(=O)O[C@@H](C)c2cccc([N+](=O)[O-])c2)c1C. The van der Waals surface area contributed by atoms with Crippen molar-refractivity contribution in [1.82, 2.24) is 0 Å². The van der Waals surface area contributed by atoms with E-state index in [0.717, 1.165) is 5.56 Å². The van der Waals surface area contributed by atoms with Gasteiger partial charge >= 0.3 is 5.97 Å². The van der Waals surface area contributed by atoms with Crippen molar-refractivity contribution in [1.29, 1.82) is 0 Å². The number of rotatable bonds is 4. The van der Waals surface area contributed by atoms with Crippen LogP contribution in [0.4, 0.5) is 5.69 Å². The molecular weight excluding hydrogens is 286 g/mol. The minimum atomic E-state index is -0.596. The molecule has 1 heterocycles. The van der Waals surface area contributed by atoms with Gasteiger partial charge in [-0.2, -0.15) is 0 Å².